The maximum Gasteiger partial charge on any atom is 0.354 e. The average Bonchev–Trinajstić information content (AvgIpc) is 2.57. The zero-order valence-electron chi connectivity index (χ0n) is 9.58. The number of likely N-dealkylation sites (tertiary alicyclic amines) is 1. The summed E-state index contributed by atoms with van der Waals surface area (Å²) in [6.07, 6.45) is 0.0499. The summed E-state index contributed by atoms with van der Waals surface area (Å²) >= 11 is 0. The Morgan fingerprint density at radius 2 is 2.22 bits per heavy atom. The van der Waals surface area contributed by atoms with E-state index in [-0.39, 0.29) is 29.7 Å². The molecule has 1 unspecified atom stereocenters. The van der Waals surface area contributed by atoms with Crippen LogP contribution in [0.4, 0.5) is 5.82 Å². The van der Waals surface area contributed by atoms with Gasteiger partial charge in [0, 0.05) is 7.05 Å². The Morgan fingerprint density at radius 3 is 2.78 bits per heavy atom. The molecule has 0 radical (unpaired) electrons. The number of likely N-dealkylation sites (N-methyl/N-ethyl adjacent to an activating group) is 1. The van der Waals surface area contributed by atoms with Gasteiger partial charge in [-0.25, -0.2) is 9.78 Å². The van der Waals surface area contributed by atoms with Crippen LogP contribution in [0.5, 0.6) is 0 Å². The van der Waals surface area contributed by atoms with E-state index in [1.54, 1.807) is 6.07 Å². The van der Waals surface area contributed by atoms with Gasteiger partial charge in [-0.3, -0.25) is 14.5 Å². The Balaban J connectivity index is 2.15. The molecule has 2 N–H and O–H groups in total. The Kier molecular flexibility index (Phi) is 2.97. The molecule has 94 valence electrons. The molecule has 1 fully saturated rings. The van der Waals surface area contributed by atoms with Crippen molar-refractivity contribution in [1.29, 1.82) is 0 Å². The molecule has 7 nitrogen and oxygen atoms in total. The number of carboxylic acids is 1. The lowest BCUT2D eigenvalue weighted by atomic mass is 10.2. The lowest BCUT2D eigenvalue weighted by Gasteiger charge is -2.11. The maximum absolute atomic E-state index is 11.6. The number of hydrogen-bond donors (Lipinski definition) is 2. The number of carboxylic acid groups (broad SMARTS) is 1. The second-order valence-electron chi connectivity index (χ2n) is 3.91. The number of anilines is 1. The molecule has 0 aliphatic carbocycles. The Labute approximate surface area is 102 Å². The van der Waals surface area contributed by atoms with Crippen LogP contribution in [0.3, 0.4) is 0 Å². The van der Waals surface area contributed by atoms with E-state index in [1.807, 2.05) is 0 Å². The number of rotatable bonds is 3. The summed E-state index contributed by atoms with van der Waals surface area (Å²) in [6, 6.07) is 3.73. The number of aromatic nitrogens is 1. The van der Waals surface area contributed by atoms with E-state index in [4.69, 9.17) is 5.11 Å². The molecule has 2 amide bonds. The van der Waals surface area contributed by atoms with Crippen LogP contribution in [0.25, 0.3) is 0 Å². The molecule has 1 aromatic heterocycles. The number of nitrogens with zero attached hydrogens (tertiary/aromatic N) is 2. The van der Waals surface area contributed by atoms with Crippen LogP contribution in [-0.4, -0.2) is 45.9 Å². The average molecular weight is 249 g/mol. The first-order valence-electron chi connectivity index (χ1n) is 5.26. The van der Waals surface area contributed by atoms with Crippen molar-refractivity contribution in [3.05, 3.63) is 23.9 Å². The van der Waals surface area contributed by atoms with Crippen LogP contribution in [0.2, 0.25) is 0 Å². The third-order valence-electron chi connectivity index (χ3n) is 2.67. The highest BCUT2D eigenvalue weighted by molar-refractivity contribution is 6.06. The summed E-state index contributed by atoms with van der Waals surface area (Å²) in [4.78, 5) is 38.6. The topological polar surface area (TPSA) is 99.6 Å². The van der Waals surface area contributed by atoms with Crippen LogP contribution < -0.4 is 5.32 Å². The molecule has 2 rings (SSSR count). The van der Waals surface area contributed by atoms with Gasteiger partial charge in [0.25, 0.3) is 5.91 Å². The number of aromatic carboxylic acids is 1. The minimum atomic E-state index is -1.15. The van der Waals surface area contributed by atoms with Gasteiger partial charge in [-0.15, -0.1) is 0 Å². The first-order valence-corrected chi connectivity index (χ1v) is 5.26. The predicted molar refractivity (Wildman–Crippen MR) is 61.0 cm³/mol. The van der Waals surface area contributed by atoms with Gasteiger partial charge >= 0.3 is 5.97 Å². The Bertz CT molecular complexity index is 529. The van der Waals surface area contributed by atoms with E-state index in [0.717, 1.165) is 4.90 Å². The summed E-state index contributed by atoms with van der Waals surface area (Å²) in [5, 5.41) is 11.5. The summed E-state index contributed by atoms with van der Waals surface area (Å²) < 4.78 is 0. The number of imide groups is 1. The van der Waals surface area contributed by atoms with Gasteiger partial charge in [-0.1, -0.05) is 6.07 Å². The van der Waals surface area contributed by atoms with E-state index < -0.39 is 12.0 Å². The van der Waals surface area contributed by atoms with Crippen molar-refractivity contribution in [3.8, 4) is 0 Å². The van der Waals surface area contributed by atoms with Crippen LogP contribution in [0.15, 0.2) is 18.2 Å². The normalized spacial score (nSPS) is 19.2. The first-order chi connectivity index (χ1) is 8.49. The number of pyridine rings is 1. The fraction of sp³-hybridized carbons (Fsp3) is 0.273. The van der Waals surface area contributed by atoms with E-state index in [2.05, 4.69) is 10.3 Å². The van der Waals surface area contributed by atoms with Gasteiger partial charge in [0.15, 0.2) is 5.69 Å². The zero-order valence-corrected chi connectivity index (χ0v) is 9.58. The molecule has 0 aromatic carbocycles. The van der Waals surface area contributed by atoms with Crippen molar-refractivity contribution in [2.24, 2.45) is 0 Å². The van der Waals surface area contributed by atoms with Crippen LogP contribution in [-0.2, 0) is 9.59 Å². The van der Waals surface area contributed by atoms with Gasteiger partial charge in [-0.2, -0.15) is 0 Å². The van der Waals surface area contributed by atoms with Gasteiger partial charge in [-0.05, 0) is 12.1 Å². The van der Waals surface area contributed by atoms with Gasteiger partial charge in [0.1, 0.15) is 11.9 Å². The molecule has 1 aliphatic heterocycles. The molecule has 1 aromatic rings. The molecular formula is C11H11N3O4. The largest absolute Gasteiger partial charge is 0.477 e. The SMILES string of the molecule is CN1C(=O)CC(Nc2cccc(C(=O)O)n2)C1=O. The highest BCUT2D eigenvalue weighted by atomic mass is 16.4. The number of amides is 2. The molecular weight excluding hydrogens is 238 g/mol. The molecule has 2 heterocycles. The monoisotopic (exact) mass is 249 g/mol. The van der Waals surface area contributed by atoms with Crippen LogP contribution in [0.1, 0.15) is 16.9 Å². The standard InChI is InChI=1S/C11H11N3O4/c1-14-9(15)5-7(10(14)16)13-8-4-2-3-6(12-8)11(17)18/h2-4,7H,5H2,1H3,(H,12,13)(H,17,18). The van der Waals surface area contributed by atoms with Crippen molar-refractivity contribution in [2.45, 2.75) is 12.5 Å². The van der Waals surface area contributed by atoms with Gasteiger partial charge in [0.2, 0.25) is 5.91 Å². The van der Waals surface area contributed by atoms with Crippen molar-refractivity contribution < 1.29 is 19.5 Å². The molecule has 18 heavy (non-hydrogen) atoms. The fourth-order valence-electron chi connectivity index (χ4n) is 1.68. The van der Waals surface area contributed by atoms with Crippen LogP contribution in [0, 0.1) is 0 Å². The summed E-state index contributed by atoms with van der Waals surface area (Å²) in [5.41, 5.74) is -0.120. The predicted octanol–water partition coefficient (Wildman–Crippen LogP) is -0.0510. The minimum absolute atomic E-state index is 0.0499. The van der Waals surface area contributed by atoms with E-state index >= 15 is 0 Å². The molecule has 1 atom stereocenters. The van der Waals surface area contributed by atoms with Crippen molar-refractivity contribution in [2.75, 3.05) is 12.4 Å². The lowest BCUT2D eigenvalue weighted by Crippen LogP contribution is -2.32. The number of carbonyl (C=O) groups excluding carboxylic acids is 2. The third kappa shape index (κ3) is 2.15. The number of nitrogens with one attached hydrogen (secondary N) is 1. The highest BCUT2D eigenvalue weighted by Gasteiger charge is 2.36. The van der Waals surface area contributed by atoms with Crippen molar-refractivity contribution >= 4 is 23.6 Å². The second kappa shape index (κ2) is 4.44. The highest BCUT2D eigenvalue weighted by Crippen LogP contribution is 2.15. The smallest absolute Gasteiger partial charge is 0.354 e. The molecule has 0 spiro atoms. The quantitative estimate of drug-likeness (QED) is 0.728. The van der Waals surface area contributed by atoms with Gasteiger partial charge < -0.3 is 10.4 Å². The summed E-state index contributed by atoms with van der Waals surface area (Å²) in [5.74, 6) is -1.50. The maximum atomic E-state index is 11.6. The Morgan fingerprint density at radius 1 is 1.50 bits per heavy atom. The Hall–Kier alpha value is -2.44. The molecule has 0 saturated carbocycles. The molecule has 1 saturated heterocycles. The molecule has 1 aliphatic rings. The van der Waals surface area contributed by atoms with E-state index in [1.165, 1.54) is 19.2 Å². The molecule has 0 bridgehead atoms. The van der Waals surface area contributed by atoms with Gasteiger partial charge in [0.05, 0.1) is 6.42 Å². The van der Waals surface area contributed by atoms with Crippen LogP contribution >= 0.6 is 0 Å². The van der Waals surface area contributed by atoms with Crippen molar-refractivity contribution in [3.63, 3.8) is 0 Å². The zero-order chi connectivity index (χ0) is 13.3. The summed E-state index contributed by atoms with van der Waals surface area (Å²) in [7, 11) is 1.41. The third-order valence-corrected chi connectivity index (χ3v) is 2.67. The van der Waals surface area contributed by atoms with E-state index in [0.29, 0.717) is 0 Å². The van der Waals surface area contributed by atoms with E-state index in [9.17, 15) is 14.4 Å². The second-order valence-corrected chi connectivity index (χ2v) is 3.91. The number of hydrogen-bond acceptors (Lipinski definition) is 5. The minimum Gasteiger partial charge on any atom is -0.477 e. The number of carbonyl (C=O) groups is 3. The fourth-order valence-corrected chi connectivity index (χ4v) is 1.68. The first kappa shape index (κ1) is 12.0. The molecule has 7 heteroatoms. The van der Waals surface area contributed by atoms with Crippen molar-refractivity contribution in [1.82, 2.24) is 9.88 Å². The summed E-state index contributed by atoms with van der Waals surface area (Å²) in [6.45, 7) is 0. The lowest BCUT2D eigenvalue weighted by molar-refractivity contribution is -0.136.